The van der Waals surface area contributed by atoms with Crippen LogP contribution in [0, 0.1) is 0 Å². The second kappa shape index (κ2) is 6.94. The van der Waals surface area contributed by atoms with Crippen molar-refractivity contribution in [2.45, 2.75) is 39.2 Å². The zero-order valence-corrected chi connectivity index (χ0v) is 13.3. The molecule has 1 atom stereocenters. The Labute approximate surface area is 127 Å². The summed E-state index contributed by atoms with van der Waals surface area (Å²) in [6.45, 7) is 6.00. The zero-order valence-electron chi connectivity index (χ0n) is 13.3. The molecule has 1 unspecified atom stereocenters. The molecule has 0 bridgehead atoms. The van der Waals surface area contributed by atoms with Gasteiger partial charge in [-0.15, -0.1) is 0 Å². The van der Waals surface area contributed by atoms with Gasteiger partial charge in [0.2, 0.25) is 5.91 Å². The highest BCUT2D eigenvalue weighted by molar-refractivity contribution is 5.78. The van der Waals surface area contributed by atoms with Crippen molar-refractivity contribution in [2.24, 2.45) is 0 Å². The van der Waals surface area contributed by atoms with E-state index in [1.165, 1.54) is 11.1 Å². The zero-order chi connectivity index (χ0) is 15.4. The smallest absolute Gasteiger partial charge is 0.236 e. The normalized spacial score (nSPS) is 17.6. The van der Waals surface area contributed by atoms with Crippen molar-refractivity contribution in [2.75, 3.05) is 26.7 Å². The number of amides is 1. The summed E-state index contributed by atoms with van der Waals surface area (Å²) in [5.74, 6) is 0.518. The minimum absolute atomic E-state index is 0.188. The summed E-state index contributed by atoms with van der Waals surface area (Å²) in [6, 6.07) is 5.89. The fourth-order valence-corrected chi connectivity index (χ4v) is 3.23. The number of phenols is 1. The number of aryl methyl sites for hydroxylation is 1. The minimum atomic E-state index is 0.188. The number of fused-ring (bicyclic) bond motifs is 1. The Hall–Kier alpha value is -1.55. The molecule has 0 heterocycles. The minimum Gasteiger partial charge on any atom is -0.508 e. The van der Waals surface area contributed by atoms with Crippen LogP contribution in [0.1, 0.15) is 43.9 Å². The van der Waals surface area contributed by atoms with Crippen LogP contribution in [0.2, 0.25) is 0 Å². The molecule has 1 aliphatic carbocycles. The molecule has 21 heavy (non-hydrogen) atoms. The molecule has 0 saturated heterocycles. The van der Waals surface area contributed by atoms with E-state index < -0.39 is 0 Å². The number of benzene rings is 1. The molecule has 0 aliphatic heterocycles. The number of hydrogen-bond donors (Lipinski definition) is 1. The average molecular weight is 290 g/mol. The molecular formula is C17H26N2O2. The van der Waals surface area contributed by atoms with Crippen molar-refractivity contribution in [3.63, 3.8) is 0 Å². The van der Waals surface area contributed by atoms with E-state index in [0.717, 1.165) is 32.4 Å². The Morgan fingerprint density at radius 1 is 1.33 bits per heavy atom. The van der Waals surface area contributed by atoms with Gasteiger partial charge in [0.05, 0.1) is 6.54 Å². The third kappa shape index (κ3) is 3.56. The van der Waals surface area contributed by atoms with E-state index in [9.17, 15) is 9.90 Å². The first-order valence-electron chi connectivity index (χ1n) is 7.86. The monoisotopic (exact) mass is 290 g/mol. The fraction of sp³-hybridized carbons (Fsp3) is 0.588. The van der Waals surface area contributed by atoms with Gasteiger partial charge in [0.1, 0.15) is 5.75 Å². The summed E-state index contributed by atoms with van der Waals surface area (Å²) in [5, 5.41) is 9.62. The predicted octanol–water partition coefficient (Wildman–Crippen LogP) is 2.57. The quantitative estimate of drug-likeness (QED) is 0.906. The van der Waals surface area contributed by atoms with Crippen molar-refractivity contribution in [3.8, 4) is 5.75 Å². The predicted molar refractivity (Wildman–Crippen MR) is 84.3 cm³/mol. The first-order valence-corrected chi connectivity index (χ1v) is 7.86. The number of carbonyl (C=O) groups is 1. The molecule has 116 valence electrons. The number of phenolic OH excluding ortho intramolecular Hbond substituents is 1. The Kier molecular flexibility index (Phi) is 5.23. The number of hydrogen-bond acceptors (Lipinski definition) is 3. The van der Waals surface area contributed by atoms with Crippen molar-refractivity contribution in [1.29, 1.82) is 0 Å². The Morgan fingerprint density at radius 3 is 2.71 bits per heavy atom. The fourth-order valence-electron chi connectivity index (χ4n) is 3.23. The third-order valence-corrected chi connectivity index (χ3v) is 4.44. The highest BCUT2D eigenvalue weighted by Gasteiger charge is 2.26. The van der Waals surface area contributed by atoms with Crippen LogP contribution in [0.3, 0.4) is 0 Å². The summed E-state index contributed by atoms with van der Waals surface area (Å²) in [4.78, 5) is 16.3. The highest BCUT2D eigenvalue weighted by Crippen LogP contribution is 2.35. The molecule has 0 aromatic heterocycles. The van der Waals surface area contributed by atoms with E-state index in [1.807, 2.05) is 37.9 Å². The number of aromatic hydroxyl groups is 1. The first kappa shape index (κ1) is 15.8. The standard InChI is InChI=1S/C17H26N2O2/c1-4-19(5-2)17(21)12-18(3)16-8-6-7-13-11-14(20)9-10-15(13)16/h9-11,16,20H,4-8,12H2,1-3H3. The molecule has 0 saturated carbocycles. The van der Waals surface area contributed by atoms with Crippen LogP contribution in [0.4, 0.5) is 0 Å². The molecule has 1 aromatic carbocycles. The van der Waals surface area contributed by atoms with E-state index in [4.69, 9.17) is 0 Å². The van der Waals surface area contributed by atoms with E-state index in [2.05, 4.69) is 4.90 Å². The molecule has 1 aromatic rings. The summed E-state index contributed by atoms with van der Waals surface area (Å²) >= 11 is 0. The van der Waals surface area contributed by atoms with Crippen molar-refractivity contribution < 1.29 is 9.90 Å². The van der Waals surface area contributed by atoms with Crippen molar-refractivity contribution in [3.05, 3.63) is 29.3 Å². The van der Waals surface area contributed by atoms with E-state index in [1.54, 1.807) is 6.07 Å². The van der Waals surface area contributed by atoms with E-state index >= 15 is 0 Å². The average Bonchev–Trinajstić information content (AvgIpc) is 2.47. The molecule has 0 spiro atoms. The van der Waals surface area contributed by atoms with Gasteiger partial charge >= 0.3 is 0 Å². The summed E-state index contributed by atoms with van der Waals surface area (Å²) in [6.07, 6.45) is 3.18. The summed E-state index contributed by atoms with van der Waals surface area (Å²) < 4.78 is 0. The van der Waals surface area contributed by atoms with Gasteiger partial charge in [0, 0.05) is 19.1 Å². The molecule has 1 aliphatic rings. The van der Waals surface area contributed by atoms with Gasteiger partial charge in [0.15, 0.2) is 0 Å². The number of rotatable bonds is 5. The maximum absolute atomic E-state index is 12.3. The molecule has 2 rings (SSSR count). The Balaban J connectivity index is 2.11. The summed E-state index contributed by atoms with van der Waals surface area (Å²) in [7, 11) is 2.02. The lowest BCUT2D eigenvalue weighted by Gasteiger charge is -2.34. The molecule has 4 heteroatoms. The van der Waals surface area contributed by atoms with Crippen LogP contribution < -0.4 is 0 Å². The SMILES string of the molecule is CCN(CC)C(=O)CN(C)C1CCCc2cc(O)ccc21. The van der Waals surface area contributed by atoms with Crippen LogP contribution in [-0.2, 0) is 11.2 Å². The lowest BCUT2D eigenvalue weighted by Crippen LogP contribution is -2.40. The van der Waals surface area contributed by atoms with Crippen LogP contribution in [0.5, 0.6) is 5.75 Å². The topological polar surface area (TPSA) is 43.8 Å². The van der Waals surface area contributed by atoms with E-state index in [-0.39, 0.29) is 11.9 Å². The van der Waals surface area contributed by atoms with Gasteiger partial charge < -0.3 is 10.0 Å². The molecule has 0 fully saturated rings. The molecule has 4 nitrogen and oxygen atoms in total. The maximum Gasteiger partial charge on any atom is 0.236 e. The van der Waals surface area contributed by atoms with E-state index in [0.29, 0.717) is 12.3 Å². The number of carbonyl (C=O) groups excluding carboxylic acids is 1. The first-order chi connectivity index (χ1) is 10.1. The van der Waals surface area contributed by atoms with Gasteiger partial charge in [-0.25, -0.2) is 0 Å². The van der Waals surface area contributed by atoms with Gasteiger partial charge in [-0.2, -0.15) is 0 Å². The molecule has 0 radical (unpaired) electrons. The maximum atomic E-state index is 12.3. The Morgan fingerprint density at radius 2 is 2.05 bits per heavy atom. The Bertz CT molecular complexity index is 498. The summed E-state index contributed by atoms with van der Waals surface area (Å²) in [5.41, 5.74) is 2.47. The molecule has 1 amide bonds. The molecular weight excluding hydrogens is 264 g/mol. The highest BCUT2D eigenvalue weighted by atomic mass is 16.3. The van der Waals surface area contributed by atoms with Gasteiger partial charge in [0.25, 0.3) is 0 Å². The van der Waals surface area contributed by atoms with Crippen LogP contribution >= 0.6 is 0 Å². The van der Waals surface area contributed by atoms with Crippen molar-refractivity contribution in [1.82, 2.24) is 9.80 Å². The number of nitrogens with zero attached hydrogens (tertiary/aromatic N) is 2. The van der Waals surface area contributed by atoms with Gasteiger partial charge in [-0.3, -0.25) is 9.69 Å². The molecule has 1 N–H and O–H groups in total. The van der Waals surface area contributed by atoms with Crippen molar-refractivity contribution >= 4 is 5.91 Å². The largest absolute Gasteiger partial charge is 0.508 e. The lowest BCUT2D eigenvalue weighted by molar-refractivity contribution is -0.132. The van der Waals surface area contributed by atoms with Gasteiger partial charge in [-0.05, 0) is 63.4 Å². The lowest BCUT2D eigenvalue weighted by atomic mass is 9.87. The van der Waals surface area contributed by atoms with Crippen LogP contribution in [0.15, 0.2) is 18.2 Å². The second-order valence-corrected chi connectivity index (χ2v) is 5.77. The number of likely N-dealkylation sites (N-methyl/N-ethyl adjacent to an activating group) is 2. The third-order valence-electron chi connectivity index (χ3n) is 4.44. The van der Waals surface area contributed by atoms with Crippen LogP contribution in [0.25, 0.3) is 0 Å². The van der Waals surface area contributed by atoms with Crippen LogP contribution in [-0.4, -0.2) is 47.5 Å². The van der Waals surface area contributed by atoms with Gasteiger partial charge in [-0.1, -0.05) is 6.07 Å². The second-order valence-electron chi connectivity index (χ2n) is 5.77.